The van der Waals surface area contributed by atoms with Crippen LogP contribution in [0, 0.1) is 6.92 Å². The number of carbonyl (C=O) groups is 2. The van der Waals surface area contributed by atoms with Gasteiger partial charge in [-0.3, -0.25) is 14.5 Å². The lowest BCUT2D eigenvalue weighted by Crippen LogP contribution is -2.44. The molecule has 2 fully saturated rings. The summed E-state index contributed by atoms with van der Waals surface area (Å²) in [5.41, 5.74) is 4.83. The van der Waals surface area contributed by atoms with E-state index in [4.69, 9.17) is 0 Å². The number of alkyl halides is 1. The molecule has 0 radical (unpaired) electrons. The average Bonchev–Trinajstić information content (AvgIpc) is 3.70. The van der Waals surface area contributed by atoms with E-state index in [2.05, 4.69) is 42.8 Å². The van der Waals surface area contributed by atoms with Crippen LogP contribution in [0.3, 0.4) is 0 Å². The van der Waals surface area contributed by atoms with Gasteiger partial charge < -0.3 is 20.9 Å². The number of rotatable bonds is 9. The Labute approximate surface area is 248 Å². The lowest BCUT2D eigenvalue weighted by Gasteiger charge is -2.32. The fourth-order valence-electron chi connectivity index (χ4n) is 5.06. The summed E-state index contributed by atoms with van der Waals surface area (Å²) < 4.78 is 14.8. The summed E-state index contributed by atoms with van der Waals surface area (Å²) >= 11 is 1.43. The smallest absolute Gasteiger partial charge is 0.258 e. The van der Waals surface area contributed by atoms with Crippen molar-refractivity contribution in [1.29, 1.82) is 0 Å². The Morgan fingerprint density at radius 2 is 1.81 bits per heavy atom. The van der Waals surface area contributed by atoms with Gasteiger partial charge in [-0.05, 0) is 67.8 Å². The minimum absolute atomic E-state index is 0.304. The minimum Gasteiger partial charge on any atom is -0.366 e. The fourth-order valence-corrected chi connectivity index (χ4v) is 6.01. The minimum atomic E-state index is -0.603. The van der Waals surface area contributed by atoms with Crippen molar-refractivity contribution in [2.75, 3.05) is 49.2 Å². The van der Waals surface area contributed by atoms with Crippen LogP contribution < -0.4 is 16.0 Å². The Morgan fingerprint density at radius 1 is 1.00 bits per heavy atom. The molecule has 1 saturated carbocycles. The van der Waals surface area contributed by atoms with Crippen LogP contribution in [0.5, 0.6) is 0 Å². The fraction of sp³-hybridized carbons (Fsp3) is 0.355. The normalized spacial score (nSPS) is 16.0. The highest BCUT2D eigenvalue weighted by molar-refractivity contribution is 7.18. The summed E-state index contributed by atoms with van der Waals surface area (Å²) in [5, 5.41) is 11.0. The highest BCUT2D eigenvalue weighted by Crippen LogP contribution is 2.33. The topological polar surface area (TPSA) is 102 Å². The first-order valence-electron chi connectivity index (χ1n) is 14.2. The molecular weight excluding hydrogens is 553 g/mol. The maximum atomic E-state index is 14.0. The van der Waals surface area contributed by atoms with Crippen molar-refractivity contribution in [3.05, 3.63) is 75.9 Å². The van der Waals surface area contributed by atoms with Crippen LogP contribution in [0.15, 0.2) is 48.1 Å². The largest absolute Gasteiger partial charge is 0.366 e. The van der Waals surface area contributed by atoms with Crippen molar-refractivity contribution in [2.24, 2.45) is 0 Å². The number of likely N-dealkylation sites (N-methyl/N-ethyl adjacent to an activating group) is 1. The van der Waals surface area contributed by atoms with E-state index in [1.807, 2.05) is 19.1 Å². The van der Waals surface area contributed by atoms with Gasteiger partial charge in [-0.1, -0.05) is 12.1 Å². The molecule has 2 aromatic heterocycles. The van der Waals surface area contributed by atoms with Crippen molar-refractivity contribution < 1.29 is 14.0 Å². The number of thiophene rings is 1. The maximum Gasteiger partial charge on any atom is 0.258 e. The molecule has 6 rings (SSSR count). The molecule has 3 heterocycles. The zero-order valence-corrected chi connectivity index (χ0v) is 24.6. The van der Waals surface area contributed by atoms with Crippen molar-refractivity contribution in [3.63, 3.8) is 0 Å². The molecule has 11 heteroatoms. The lowest BCUT2D eigenvalue weighted by molar-refractivity contribution is 0.101. The van der Waals surface area contributed by atoms with Crippen LogP contribution >= 0.6 is 11.3 Å². The number of hydrogen-bond acceptors (Lipinski definition) is 8. The van der Waals surface area contributed by atoms with Gasteiger partial charge in [0.25, 0.3) is 11.8 Å². The van der Waals surface area contributed by atoms with Gasteiger partial charge in [-0.2, -0.15) is 0 Å². The van der Waals surface area contributed by atoms with Gasteiger partial charge in [-0.25, -0.2) is 14.4 Å². The molecular formula is C31H34FN7O2S. The first-order chi connectivity index (χ1) is 20.4. The predicted molar refractivity (Wildman–Crippen MR) is 165 cm³/mol. The van der Waals surface area contributed by atoms with E-state index in [-0.39, 0.29) is 11.8 Å². The number of amides is 2. The Bertz CT molecular complexity index is 1630. The quantitative estimate of drug-likeness (QED) is 0.244. The Kier molecular flexibility index (Phi) is 8.14. The van der Waals surface area contributed by atoms with Gasteiger partial charge in [0.15, 0.2) is 0 Å². The summed E-state index contributed by atoms with van der Waals surface area (Å²) in [6, 6.07) is 11.0. The van der Waals surface area contributed by atoms with Gasteiger partial charge in [0.05, 0.1) is 15.8 Å². The molecule has 0 spiro atoms. The van der Waals surface area contributed by atoms with Crippen LogP contribution in [0.25, 0.3) is 10.2 Å². The van der Waals surface area contributed by atoms with E-state index in [9.17, 15) is 14.0 Å². The number of aryl methyl sites for hydroxylation is 1. The number of piperazine rings is 1. The Balaban J connectivity index is 1.14. The molecule has 2 aliphatic rings. The number of nitrogens with zero attached hydrogens (tertiary/aromatic N) is 4. The number of benzene rings is 2. The number of anilines is 3. The first kappa shape index (κ1) is 28.2. The lowest BCUT2D eigenvalue weighted by atomic mass is 10.1. The molecule has 0 unspecified atom stereocenters. The second kappa shape index (κ2) is 12.1. The molecule has 1 aliphatic heterocycles. The van der Waals surface area contributed by atoms with Crippen LogP contribution in [0.1, 0.15) is 50.2 Å². The number of carbonyl (C=O) groups excluding carboxylic acids is 2. The summed E-state index contributed by atoms with van der Waals surface area (Å²) in [4.78, 5) is 39.8. The number of fused-ring (bicyclic) bond motifs is 1. The summed E-state index contributed by atoms with van der Waals surface area (Å²) in [6.07, 6.45) is 3.71. The van der Waals surface area contributed by atoms with Crippen LogP contribution in [0.4, 0.5) is 21.6 Å². The van der Waals surface area contributed by atoms with Gasteiger partial charge in [0.2, 0.25) is 0 Å². The molecule has 0 bridgehead atoms. The third kappa shape index (κ3) is 6.28. The molecule has 2 amide bonds. The van der Waals surface area contributed by atoms with E-state index < -0.39 is 6.67 Å². The first-order valence-corrected chi connectivity index (χ1v) is 15.1. The second-order valence-electron chi connectivity index (χ2n) is 11.1. The summed E-state index contributed by atoms with van der Waals surface area (Å²) in [6.45, 7) is 5.84. The van der Waals surface area contributed by atoms with E-state index >= 15 is 0 Å². The van der Waals surface area contributed by atoms with Gasteiger partial charge in [-0.15, -0.1) is 11.3 Å². The molecule has 1 aliphatic carbocycles. The Morgan fingerprint density at radius 3 is 2.57 bits per heavy atom. The SMILES string of the molecule is Cc1ccc(C(=O)Nc2ccc(CN3CCN(C)CC3)c(CF)c2)cc1NC(=O)c1csc2c(NC3CC3)ncnc12. The third-order valence-corrected chi connectivity index (χ3v) is 8.84. The van der Waals surface area contributed by atoms with Crippen molar-refractivity contribution in [3.8, 4) is 0 Å². The molecule has 42 heavy (non-hydrogen) atoms. The van der Waals surface area contributed by atoms with Gasteiger partial charge >= 0.3 is 0 Å². The third-order valence-electron chi connectivity index (χ3n) is 7.86. The standard InChI is InChI=1S/C31H34FN7O2S/c1-19-3-4-20(30(40)36-24-6-5-21(22(13-24)15-32)16-39-11-9-38(2)10-12-39)14-26(19)37-31(41)25-17-42-28-27(25)33-18-34-29(28)35-23-7-8-23/h3-6,13-14,17-18,23H,7-12,15-16H2,1-2H3,(H,36,40)(H,37,41)(H,33,34,35). The van der Waals surface area contributed by atoms with E-state index in [1.165, 1.54) is 17.7 Å². The van der Waals surface area contributed by atoms with Crippen molar-refractivity contribution >= 4 is 50.6 Å². The van der Waals surface area contributed by atoms with E-state index in [0.717, 1.165) is 60.7 Å². The number of aromatic nitrogens is 2. The Hall–Kier alpha value is -3.93. The van der Waals surface area contributed by atoms with Crippen molar-refractivity contribution in [2.45, 2.75) is 39.0 Å². The predicted octanol–water partition coefficient (Wildman–Crippen LogP) is 5.30. The molecule has 2 aromatic carbocycles. The molecule has 4 aromatic rings. The molecule has 9 nitrogen and oxygen atoms in total. The van der Waals surface area contributed by atoms with Crippen LogP contribution in [-0.2, 0) is 13.2 Å². The monoisotopic (exact) mass is 587 g/mol. The summed E-state index contributed by atoms with van der Waals surface area (Å²) in [5.74, 6) is 0.109. The molecule has 3 N–H and O–H groups in total. The highest BCUT2D eigenvalue weighted by atomic mass is 32.1. The second-order valence-corrected chi connectivity index (χ2v) is 12.0. The van der Waals surface area contributed by atoms with Crippen LogP contribution in [-0.4, -0.2) is 70.9 Å². The van der Waals surface area contributed by atoms with Gasteiger partial charge in [0, 0.05) is 61.1 Å². The molecule has 218 valence electrons. The van der Waals surface area contributed by atoms with Crippen molar-refractivity contribution in [1.82, 2.24) is 19.8 Å². The maximum absolute atomic E-state index is 14.0. The zero-order valence-electron chi connectivity index (χ0n) is 23.7. The number of nitrogens with one attached hydrogen (secondary N) is 3. The zero-order chi connectivity index (χ0) is 29.2. The van der Waals surface area contributed by atoms with E-state index in [0.29, 0.717) is 46.2 Å². The highest BCUT2D eigenvalue weighted by Gasteiger charge is 2.24. The van der Waals surface area contributed by atoms with Gasteiger partial charge in [0.1, 0.15) is 18.8 Å². The van der Waals surface area contributed by atoms with E-state index in [1.54, 1.807) is 29.6 Å². The summed E-state index contributed by atoms with van der Waals surface area (Å²) in [7, 11) is 2.11. The molecule has 1 saturated heterocycles. The average molecular weight is 588 g/mol. The number of halogens is 1. The molecule has 0 atom stereocenters. The van der Waals surface area contributed by atoms with Crippen LogP contribution in [0.2, 0.25) is 0 Å². The number of hydrogen-bond donors (Lipinski definition) is 3.